The largest absolute Gasteiger partial charge is 0.385 e. The zero-order valence-corrected chi connectivity index (χ0v) is 10.6. The molecule has 0 fully saturated rings. The minimum atomic E-state index is 0.726. The molecule has 0 aliphatic rings. The van der Waals surface area contributed by atoms with Gasteiger partial charge in [0.25, 0.3) is 0 Å². The smallest absolute Gasteiger partial charge is 0.0703 e. The molecule has 2 nitrogen and oxygen atoms in total. The minimum absolute atomic E-state index is 0.726. The summed E-state index contributed by atoms with van der Waals surface area (Å²) in [5.41, 5.74) is 2.24. The highest BCUT2D eigenvalue weighted by molar-refractivity contribution is 5.82. The number of rotatable bonds is 5. The van der Waals surface area contributed by atoms with Crippen molar-refractivity contribution in [3.05, 3.63) is 36.5 Å². The van der Waals surface area contributed by atoms with Gasteiger partial charge in [0.15, 0.2) is 0 Å². The van der Waals surface area contributed by atoms with Crippen molar-refractivity contribution in [2.75, 3.05) is 11.9 Å². The Kier molecular flexibility index (Phi) is 3.97. The Bertz CT molecular complexity index is 479. The van der Waals surface area contributed by atoms with Gasteiger partial charge in [-0.05, 0) is 36.6 Å². The molecule has 0 saturated heterocycles. The maximum absolute atomic E-state index is 4.32. The van der Waals surface area contributed by atoms with E-state index >= 15 is 0 Å². The Morgan fingerprint density at radius 3 is 3.00 bits per heavy atom. The standard InChI is InChI=1S/C15H20N2/c1-3-5-12(2)11-17-14-7-8-15-13(10-14)6-4-9-16-15/h4,6-10,12,17H,3,5,11H2,1-2H3. The van der Waals surface area contributed by atoms with Gasteiger partial charge in [-0.25, -0.2) is 0 Å². The number of nitrogens with zero attached hydrogens (tertiary/aromatic N) is 1. The first kappa shape index (κ1) is 11.9. The molecule has 0 bridgehead atoms. The second kappa shape index (κ2) is 5.67. The van der Waals surface area contributed by atoms with E-state index in [0.717, 1.165) is 18.0 Å². The van der Waals surface area contributed by atoms with Gasteiger partial charge in [0, 0.05) is 23.8 Å². The van der Waals surface area contributed by atoms with Crippen LogP contribution in [0.2, 0.25) is 0 Å². The molecule has 1 aromatic carbocycles. The van der Waals surface area contributed by atoms with Crippen LogP contribution in [0.15, 0.2) is 36.5 Å². The van der Waals surface area contributed by atoms with Crippen LogP contribution in [-0.4, -0.2) is 11.5 Å². The van der Waals surface area contributed by atoms with Crippen LogP contribution in [0.5, 0.6) is 0 Å². The molecule has 17 heavy (non-hydrogen) atoms. The topological polar surface area (TPSA) is 24.9 Å². The fourth-order valence-corrected chi connectivity index (χ4v) is 2.07. The summed E-state index contributed by atoms with van der Waals surface area (Å²) in [6.07, 6.45) is 4.37. The number of aromatic nitrogens is 1. The molecule has 1 N–H and O–H groups in total. The first-order valence-corrected chi connectivity index (χ1v) is 6.38. The molecule has 1 atom stereocenters. The Balaban J connectivity index is 2.04. The van der Waals surface area contributed by atoms with Crippen molar-refractivity contribution < 1.29 is 0 Å². The van der Waals surface area contributed by atoms with Crippen LogP contribution in [0.25, 0.3) is 10.9 Å². The van der Waals surface area contributed by atoms with Crippen molar-refractivity contribution in [1.82, 2.24) is 4.98 Å². The van der Waals surface area contributed by atoms with Crippen LogP contribution < -0.4 is 5.32 Å². The molecule has 1 unspecified atom stereocenters. The molecule has 0 aliphatic carbocycles. The zero-order chi connectivity index (χ0) is 12.1. The second-order valence-electron chi connectivity index (χ2n) is 4.69. The zero-order valence-electron chi connectivity index (χ0n) is 10.6. The molecule has 0 saturated carbocycles. The lowest BCUT2D eigenvalue weighted by molar-refractivity contribution is 0.551. The van der Waals surface area contributed by atoms with Gasteiger partial charge in [0.05, 0.1) is 5.52 Å². The molecule has 0 amide bonds. The van der Waals surface area contributed by atoms with E-state index in [9.17, 15) is 0 Å². The van der Waals surface area contributed by atoms with Gasteiger partial charge in [-0.15, -0.1) is 0 Å². The normalized spacial score (nSPS) is 12.6. The molecule has 1 aromatic heterocycles. The van der Waals surface area contributed by atoms with Crippen LogP contribution >= 0.6 is 0 Å². The molecule has 2 aromatic rings. The van der Waals surface area contributed by atoms with Crippen LogP contribution in [0.4, 0.5) is 5.69 Å². The van der Waals surface area contributed by atoms with Crippen LogP contribution in [-0.2, 0) is 0 Å². The first-order chi connectivity index (χ1) is 8.29. The summed E-state index contributed by atoms with van der Waals surface area (Å²) in [4.78, 5) is 4.32. The molecule has 2 rings (SSSR count). The van der Waals surface area contributed by atoms with E-state index < -0.39 is 0 Å². The Morgan fingerprint density at radius 1 is 1.29 bits per heavy atom. The van der Waals surface area contributed by atoms with E-state index in [0.29, 0.717) is 0 Å². The summed E-state index contributed by atoms with van der Waals surface area (Å²) in [7, 11) is 0. The summed E-state index contributed by atoms with van der Waals surface area (Å²) in [5.74, 6) is 0.726. The molecule has 0 radical (unpaired) electrons. The van der Waals surface area contributed by atoms with Gasteiger partial charge >= 0.3 is 0 Å². The number of pyridine rings is 1. The lowest BCUT2D eigenvalue weighted by Crippen LogP contribution is -2.10. The average Bonchev–Trinajstić information content (AvgIpc) is 2.36. The van der Waals surface area contributed by atoms with Crippen molar-refractivity contribution in [2.24, 2.45) is 5.92 Å². The molecule has 2 heteroatoms. The maximum atomic E-state index is 4.32. The minimum Gasteiger partial charge on any atom is -0.385 e. The number of nitrogens with one attached hydrogen (secondary N) is 1. The summed E-state index contributed by atoms with van der Waals surface area (Å²) in [6, 6.07) is 10.4. The van der Waals surface area contributed by atoms with E-state index in [2.05, 4.69) is 48.4 Å². The maximum Gasteiger partial charge on any atom is 0.0703 e. The van der Waals surface area contributed by atoms with E-state index in [1.807, 2.05) is 12.3 Å². The predicted molar refractivity (Wildman–Crippen MR) is 74.3 cm³/mol. The summed E-state index contributed by atoms with van der Waals surface area (Å²) in [6.45, 7) is 5.57. The van der Waals surface area contributed by atoms with Crippen molar-refractivity contribution in [3.8, 4) is 0 Å². The predicted octanol–water partition coefficient (Wildman–Crippen LogP) is 4.08. The van der Waals surface area contributed by atoms with E-state index in [1.165, 1.54) is 23.9 Å². The molecule has 0 aliphatic heterocycles. The van der Waals surface area contributed by atoms with Crippen LogP contribution in [0.1, 0.15) is 26.7 Å². The lowest BCUT2D eigenvalue weighted by atomic mass is 10.1. The number of fused-ring (bicyclic) bond motifs is 1. The highest BCUT2D eigenvalue weighted by Gasteiger charge is 2.01. The third kappa shape index (κ3) is 3.19. The van der Waals surface area contributed by atoms with Gasteiger partial charge in [-0.2, -0.15) is 0 Å². The van der Waals surface area contributed by atoms with Gasteiger partial charge in [-0.1, -0.05) is 26.3 Å². The molecule has 0 spiro atoms. The average molecular weight is 228 g/mol. The molecule has 90 valence electrons. The highest BCUT2D eigenvalue weighted by Crippen LogP contribution is 2.17. The van der Waals surface area contributed by atoms with Crippen molar-refractivity contribution in [3.63, 3.8) is 0 Å². The van der Waals surface area contributed by atoms with Crippen molar-refractivity contribution >= 4 is 16.6 Å². The van der Waals surface area contributed by atoms with E-state index in [-0.39, 0.29) is 0 Å². The van der Waals surface area contributed by atoms with Gasteiger partial charge < -0.3 is 5.32 Å². The lowest BCUT2D eigenvalue weighted by Gasteiger charge is -2.12. The molecular weight excluding hydrogens is 208 g/mol. The Morgan fingerprint density at radius 2 is 2.18 bits per heavy atom. The number of hydrogen-bond acceptors (Lipinski definition) is 2. The first-order valence-electron chi connectivity index (χ1n) is 6.38. The Labute approximate surface area is 103 Å². The van der Waals surface area contributed by atoms with E-state index in [4.69, 9.17) is 0 Å². The second-order valence-corrected chi connectivity index (χ2v) is 4.69. The number of benzene rings is 1. The van der Waals surface area contributed by atoms with Gasteiger partial charge in [-0.3, -0.25) is 4.98 Å². The number of anilines is 1. The number of hydrogen-bond donors (Lipinski definition) is 1. The monoisotopic (exact) mass is 228 g/mol. The fourth-order valence-electron chi connectivity index (χ4n) is 2.07. The SMILES string of the molecule is CCCC(C)CNc1ccc2ncccc2c1. The summed E-state index contributed by atoms with van der Waals surface area (Å²) >= 11 is 0. The van der Waals surface area contributed by atoms with Crippen LogP contribution in [0.3, 0.4) is 0 Å². The fraction of sp³-hybridized carbons (Fsp3) is 0.400. The van der Waals surface area contributed by atoms with Crippen molar-refractivity contribution in [2.45, 2.75) is 26.7 Å². The highest BCUT2D eigenvalue weighted by atomic mass is 14.9. The summed E-state index contributed by atoms with van der Waals surface area (Å²) in [5, 5.41) is 4.69. The third-order valence-electron chi connectivity index (χ3n) is 3.04. The molecule has 1 heterocycles. The van der Waals surface area contributed by atoms with Crippen molar-refractivity contribution in [1.29, 1.82) is 0 Å². The van der Waals surface area contributed by atoms with Crippen LogP contribution in [0, 0.1) is 5.92 Å². The quantitative estimate of drug-likeness (QED) is 0.834. The van der Waals surface area contributed by atoms with Gasteiger partial charge in [0.2, 0.25) is 0 Å². The van der Waals surface area contributed by atoms with E-state index in [1.54, 1.807) is 0 Å². The Hall–Kier alpha value is -1.57. The summed E-state index contributed by atoms with van der Waals surface area (Å²) < 4.78 is 0. The van der Waals surface area contributed by atoms with Gasteiger partial charge in [0.1, 0.15) is 0 Å². The third-order valence-corrected chi connectivity index (χ3v) is 3.04. The molecular formula is C15H20N2.